The van der Waals surface area contributed by atoms with Gasteiger partial charge in [-0.05, 0) is 48.6 Å². The van der Waals surface area contributed by atoms with Gasteiger partial charge in [-0.25, -0.2) is 8.42 Å². The van der Waals surface area contributed by atoms with Gasteiger partial charge in [0, 0.05) is 24.2 Å². The lowest BCUT2D eigenvalue weighted by Crippen LogP contribution is -2.26. The number of halogens is 1. The van der Waals surface area contributed by atoms with E-state index in [-0.39, 0.29) is 9.92 Å². The van der Waals surface area contributed by atoms with Crippen LogP contribution in [-0.4, -0.2) is 19.8 Å². The highest BCUT2D eigenvalue weighted by atomic mass is 35.5. The van der Waals surface area contributed by atoms with Crippen molar-refractivity contribution in [2.75, 3.05) is 12.8 Å². The molecule has 2 rings (SSSR count). The van der Waals surface area contributed by atoms with Gasteiger partial charge >= 0.3 is 0 Å². The van der Waals surface area contributed by atoms with Crippen LogP contribution in [0.15, 0.2) is 28.5 Å². The lowest BCUT2D eigenvalue weighted by atomic mass is 10.2. The van der Waals surface area contributed by atoms with E-state index in [0.717, 1.165) is 16.0 Å². The van der Waals surface area contributed by atoms with Crippen molar-refractivity contribution in [3.8, 4) is 0 Å². The van der Waals surface area contributed by atoms with Crippen LogP contribution in [0.1, 0.15) is 16.0 Å². The van der Waals surface area contributed by atoms with E-state index < -0.39 is 10.0 Å². The van der Waals surface area contributed by atoms with E-state index in [2.05, 4.69) is 0 Å². The van der Waals surface area contributed by atoms with Crippen molar-refractivity contribution in [1.82, 2.24) is 4.31 Å². The van der Waals surface area contributed by atoms with Gasteiger partial charge < -0.3 is 5.73 Å². The molecule has 4 nitrogen and oxygen atoms in total. The first-order valence-corrected chi connectivity index (χ1v) is 8.98. The highest BCUT2D eigenvalue weighted by Gasteiger charge is 2.25. The molecule has 114 valence electrons. The van der Waals surface area contributed by atoms with E-state index in [4.69, 9.17) is 17.3 Å². The third kappa shape index (κ3) is 3.23. The maximum atomic E-state index is 12.6. The minimum absolute atomic E-state index is 0.0453. The van der Waals surface area contributed by atoms with Gasteiger partial charge in [-0.1, -0.05) is 11.6 Å². The number of aryl methyl sites for hydroxylation is 2. The lowest BCUT2D eigenvalue weighted by Gasteiger charge is -2.18. The molecule has 0 amide bonds. The number of anilines is 1. The van der Waals surface area contributed by atoms with Gasteiger partial charge in [0.2, 0.25) is 10.0 Å². The fourth-order valence-electron chi connectivity index (χ4n) is 1.89. The van der Waals surface area contributed by atoms with Crippen LogP contribution in [0.3, 0.4) is 0 Å². The van der Waals surface area contributed by atoms with Gasteiger partial charge in [0.05, 0.1) is 5.02 Å². The zero-order valence-electron chi connectivity index (χ0n) is 12.1. The monoisotopic (exact) mass is 344 g/mol. The Balaban J connectivity index is 2.38. The van der Waals surface area contributed by atoms with Gasteiger partial charge in [-0.2, -0.15) is 4.31 Å². The number of thiophene rings is 1. The zero-order valence-corrected chi connectivity index (χ0v) is 14.4. The van der Waals surface area contributed by atoms with Crippen LogP contribution in [0, 0.1) is 13.8 Å². The quantitative estimate of drug-likeness (QED) is 0.864. The Labute approximate surface area is 134 Å². The zero-order chi connectivity index (χ0) is 15.8. The van der Waals surface area contributed by atoms with E-state index >= 15 is 0 Å². The minimum atomic E-state index is -3.67. The first-order chi connectivity index (χ1) is 9.73. The molecule has 0 aliphatic carbocycles. The van der Waals surface area contributed by atoms with Crippen molar-refractivity contribution >= 4 is 38.6 Å². The number of rotatable bonds is 4. The Morgan fingerprint density at radius 3 is 2.52 bits per heavy atom. The molecule has 0 saturated carbocycles. The molecule has 0 atom stereocenters. The van der Waals surface area contributed by atoms with E-state index in [1.54, 1.807) is 20.0 Å². The molecular weight excluding hydrogens is 328 g/mol. The molecule has 0 saturated heterocycles. The molecule has 1 aromatic heterocycles. The predicted octanol–water partition coefficient (Wildman–Crippen LogP) is 3.42. The summed E-state index contributed by atoms with van der Waals surface area (Å²) in [5.41, 5.74) is 8.06. The van der Waals surface area contributed by atoms with Crippen molar-refractivity contribution in [3.63, 3.8) is 0 Å². The molecule has 0 fully saturated rings. The van der Waals surface area contributed by atoms with Crippen molar-refractivity contribution in [1.29, 1.82) is 0 Å². The number of sulfonamides is 1. The smallest absolute Gasteiger partial charge is 0.244 e. The molecule has 0 spiro atoms. The Bertz CT molecular complexity index is 769. The van der Waals surface area contributed by atoms with Crippen LogP contribution in [0.2, 0.25) is 5.02 Å². The summed E-state index contributed by atoms with van der Waals surface area (Å²) in [5, 5.41) is 2.14. The van der Waals surface area contributed by atoms with Crippen molar-refractivity contribution in [2.45, 2.75) is 25.3 Å². The summed E-state index contributed by atoms with van der Waals surface area (Å²) in [6.07, 6.45) is 0. The highest BCUT2D eigenvalue weighted by Crippen LogP contribution is 2.30. The number of hydrogen-bond acceptors (Lipinski definition) is 4. The average molecular weight is 345 g/mol. The lowest BCUT2D eigenvalue weighted by molar-refractivity contribution is 0.469. The average Bonchev–Trinajstić information content (AvgIpc) is 2.79. The van der Waals surface area contributed by atoms with Gasteiger partial charge in [-0.3, -0.25) is 0 Å². The fourth-order valence-corrected chi connectivity index (χ4v) is 4.65. The first-order valence-electron chi connectivity index (χ1n) is 6.28. The first kappa shape index (κ1) is 16.3. The summed E-state index contributed by atoms with van der Waals surface area (Å²) < 4.78 is 26.6. The molecular formula is C14H17ClN2O2S2. The standard InChI is InChI=1S/C14H17ClN2O2S2/c1-9-4-5-20-13(9)8-17(3)21(18,19)14-7-12(16)10(2)6-11(14)15/h4-7H,8,16H2,1-3H3. The van der Waals surface area contributed by atoms with Crippen molar-refractivity contribution in [2.24, 2.45) is 0 Å². The molecule has 21 heavy (non-hydrogen) atoms. The second-order valence-corrected chi connectivity index (χ2v) is 8.35. The summed E-state index contributed by atoms with van der Waals surface area (Å²) >= 11 is 7.62. The maximum Gasteiger partial charge on any atom is 0.244 e. The minimum Gasteiger partial charge on any atom is -0.398 e. The molecule has 2 N–H and O–H groups in total. The van der Waals surface area contributed by atoms with Gasteiger partial charge in [0.15, 0.2) is 0 Å². The van der Waals surface area contributed by atoms with Gasteiger partial charge in [0.25, 0.3) is 0 Å². The third-order valence-electron chi connectivity index (χ3n) is 3.34. The van der Waals surface area contributed by atoms with Crippen LogP contribution >= 0.6 is 22.9 Å². The number of nitrogens with zero attached hydrogens (tertiary/aromatic N) is 1. The highest BCUT2D eigenvalue weighted by molar-refractivity contribution is 7.89. The maximum absolute atomic E-state index is 12.6. The number of benzene rings is 1. The predicted molar refractivity (Wildman–Crippen MR) is 88.3 cm³/mol. The van der Waals surface area contributed by atoms with Crippen LogP contribution in [0.5, 0.6) is 0 Å². The molecule has 1 aromatic carbocycles. The number of nitrogens with two attached hydrogens (primary N) is 1. The second-order valence-electron chi connectivity index (χ2n) is 4.93. The van der Waals surface area contributed by atoms with Crippen molar-refractivity contribution in [3.05, 3.63) is 44.6 Å². The summed E-state index contributed by atoms with van der Waals surface area (Å²) in [6, 6.07) is 4.97. The molecule has 2 aromatic rings. The Morgan fingerprint density at radius 2 is 1.95 bits per heavy atom. The molecule has 0 aliphatic rings. The van der Waals surface area contributed by atoms with Crippen LogP contribution in [-0.2, 0) is 16.6 Å². The molecule has 1 heterocycles. The van der Waals surface area contributed by atoms with Crippen LogP contribution in [0.4, 0.5) is 5.69 Å². The van der Waals surface area contributed by atoms with Crippen molar-refractivity contribution < 1.29 is 8.42 Å². The Morgan fingerprint density at radius 1 is 1.29 bits per heavy atom. The largest absolute Gasteiger partial charge is 0.398 e. The molecule has 7 heteroatoms. The second kappa shape index (κ2) is 5.96. The molecule has 0 unspecified atom stereocenters. The van der Waals surface area contributed by atoms with E-state index in [1.165, 1.54) is 21.7 Å². The topological polar surface area (TPSA) is 63.4 Å². The Hall–Kier alpha value is -1.08. The summed E-state index contributed by atoms with van der Waals surface area (Å²) in [5.74, 6) is 0. The normalized spacial score (nSPS) is 12.0. The third-order valence-corrected chi connectivity index (χ3v) is 6.62. The number of hydrogen-bond donors (Lipinski definition) is 1. The van der Waals surface area contributed by atoms with E-state index in [0.29, 0.717) is 12.2 Å². The SMILES string of the molecule is Cc1cc(Cl)c(S(=O)(=O)N(C)Cc2sccc2C)cc1N. The fraction of sp³-hybridized carbons (Fsp3) is 0.286. The van der Waals surface area contributed by atoms with Crippen LogP contribution in [0.25, 0.3) is 0 Å². The summed E-state index contributed by atoms with van der Waals surface area (Å²) in [4.78, 5) is 1.06. The molecule has 0 radical (unpaired) electrons. The number of nitrogen functional groups attached to an aromatic ring is 1. The summed E-state index contributed by atoms with van der Waals surface area (Å²) in [6.45, 7) is 4.06. The van der Waals surface area contributed by atoms with Crippen LogP contribution < -0.4 is 5.73 Å². The molecule has 0 bridgehead atoms. The van der Waals surface area contributed by atoms with Gasteiger partial charge in [-0.15, -0.1) is 11.3 Å². The van der Waals surface area contributed by atoms with E-state index in [1.807, 2.05) is 18.4 Å². The Kier molecular flexibility index (Phi) is 4.63. The van der Waals surface area contributed by atoms with E-state index in [9.17, 15) is 8.42 Å². The van der Waals surface area contributed by atoms with Gasteiger partial charge in [0.1, 0.15) is 4.90 Å². The molecule has 0 aliphatic heterocycles. The summed E-state index contributed by atoms with van der Waals surface area (Å²) in [7, 11) is -2.13.